The first-order valence-electron chi connectivity index (χ1n) is 19.0. The average Bonchev–Trinajstić information content (AvgIpc) is 3.02. The van der Waals surface area contributed by atoms with Crippen LogP contribution in [0.25, 0.3) is 0 Å². The molecule has 0 aromatic rings. The number of unbranched alkanes of at least 4 members (excludes halogenated alkanes) is 23. The summed E-state index contributed by atoms with van der Waals surface area (Å²) >= 11 is 0. The maximum absolute atomic E-state index is 12.4. The maximum atomic E-state index is 12.4. The Bertz CT molecular complexity index is 649. The van der Waals surface area contributed by atoms with Gasteiger partial charge in [0.2, 0.25) is 0 Å². The third-order valence-electron chi connectivity index (χ3n) is 8.36. The molecule has 0 aliphatic rings. The Hall–Kier alpha value is -1.59. The highest BCUT2D eigenvalue weighted by Crippen LogP contribution is 2.14. The molecule has 0 radical (unpaired) electrons. The molecule has 260 valence electrons. The van der Waals surface area contributed by atoms with E-state index < -0.39 is 6.10 Å². The van der Waals surface area contributed by atoms with Gasteiger partial charge < -0.3 is 14.2 Å². The van der Waals surface area contributed by atoms with Crippen molar-refractivity contribution in [3.05, 3.63) is 0 Å². The number of carbonyl (C=O) groups is 3. The van der Waals surface area contributed by atoms with E-state index in [1.165, 1.54) is 103 Å². The molecule has 0 N–H and O–H groups in total. The van der Waals surface area contributed by atoms with Gasteiger partial charge in [0.15, 0.2) is 6.10 Å². The van der Waals surface area contributed by atoms with E-state index in [1.807, 2.05) is 0 Å². The average molecular weight is 625 g/mol. The highest BCUT2D eigenvalue weighted by Gasteiger charge is 2.19. The van der Waals surface area contributed by atoms with Crippen LogP contribution in [0.1, 0.15) is 207 Å². The fraction of sp³-hybridized carbons (Fsp3) is 0.921. The van der Waals surface area contributed by atoms with Crippen LogP contribution in [-0.2, 0) is 28.6 Å². The van der Waals surface area contributed by atoms with E-state index >= 15 is 0 Å². The molecule has 0 bridgehead atoms. The van der Waals surface area contributed by atoms with Gasteiger partial charge in [0, 0.05) is 19.3 Å². The smallest absolute Gasteiger partial charge is 0.306 e. The molecule has 44 heavy (non-hydrogen) atoms. The third-order valence-corrected chi connectivity index (χ3v) is 8.36. The molecule has 0 saturated carbocycles. The number of rotatable bonds is 34. The Labute approximate surface area is 272 Å². The first-order valence-corrected chi connectivity index (χ1v) is 19.0. The summed E-state index contributed by atoms with van der Waals surface area (Å²) in [6.45, 7) is 6.52. The molecule has 0 aromatic carbocycles. The van der Waals surface area contributed by atoms with Crippen molar-refractivity contribution < 1.29 is 28.6 Å². The van der Waals surface area contributed by atoms with Crippen LogP contribution in [0.4, 0.5) is 0 Å². The summed E-state index contributed by atoms with van der Waals surface area (Å²) in [5.74, 6) is -0.881. The van der Waals surface area contributed by atoms with Crippen molar-refractivity contribution in [2.24, 2.45) is 0 Å². The van der Waals surface area contributed by atoms with E-state index in [4.69, 9.17) is 14.2 Å². The molecule has 0 aliphatic carbocycles. The van der Waals surface area contributed by atoms with Crippen LogP contribution in [0.5, 0.6) is 0 Å². The molecular formula is C38H72O6. The number of carbonyl (C=O) groups excluding carboxylic acids is 3. The van der Waals surface area contributed by atoms with Crippen molar-refractivity contribution in [3.63, 3.8) is 0 Å². The molecular weight excluding hydrogens is 552 g/mol. The molecule has 0 spiro atoms. The molecule has 6 heteroatoms. The molecule has 0 fully saturated rings. The van der Waals surface area contributed by atoms with E-state index in [-0.39, 0.29) is 31.1 Å². The van der Waals surface area contributed by atoms with Crippen LogP contribution in [0.3, 0.4) is 0 Å². The highest BCUT2D eigenvalue weighted by molar-refractivity contribution is 5.71. The second-order valence-electron chi connectivity index (χ2n) is 12.9. The van der Waals surface area contributed by atoms with Gasteiger partial charge >= 0.3 is 17.9 Å². The van der Waals surface area contributed by atoms with Crippen LogP contribution in [0.2, 0.25) is 0 Å². The summed E-state index contributed by atoms with van der Waals surface area (Å²) in [5, 5.41) is 0. The zero-order chi connectivity index (χ0) is 32.4. The van der Waals surface area contributed by atoms with E-state index in [0.717, 1.165) is 64.2 Å². The van der Waals surface area contributed by atoms with Gasteiger partial charge in [0.25, 0.3) is 0 Å². The van der Waals surface area contributed by atoms with Crippen LogP contribution in [-0.4, -0.2) is 37.2 Å². The summed E-state index contributed by atoms with van der Waals surface area (Å²) in [6, 6.07) is 0. The Morgan fingerprint density at radius 3 is 0.909 bits per heavy atom. The Morgan fingerprint density at radius 2 is 0.614 bits per heavy atom. The summed E-state index contributed by atoms with van der Waals surface area (Å²) in [4.78, 5) is 37.1. The zero-order valence-electron chi connectivity index (χ0n) is 29.4. The van der Waals surface area contributed by atoms with Crippen LogP contribution in [0.15, 0.2) is 0 Å². The van der Waals surface area contributed by atoms with Crippen molar-refractivity contribution in [1.29, 1.82) is 0 Å². The summed E-state index contributed by atoms with van der Waals surface area (Å²) in [7, 11) is 0. The van der Waals surface area contributed by atoms with Crippen molar-refractivity contribution >= 4 is 17.9 Å². The maximum Gasteiger partial charge on any atom is 0.306 e. The van der Waals surface area contributed by atoms with Gasteiger partial charge in [-0.2, -0.15) is 0 Å². The Kier molecular flexibility index (Phi) is 33.0. The lowest BCUT2D eigenvalue weighted by Crippen LogP contribution is -2.30. The first-order chi connectivity index (χ1) is 21.5. The molecule has 1 atom stereocenters. The standard InChI is InChI=1S/C38H72O6/c1-4-7-10-13-15-17-18-19-21-23-26-28-31-37(40)43-34-35(44-38(41)32-29-24-12-9-6-3)33-42-36(39)30-27-25-22-20-16-14-11-8-5-2/h35H,4-34H2,1-3H3/t35-/m1/s1. The van der Waals surface area contributed by atoms with Gasteiger partial charge in [-0.1, -0.05) is 168 Å². The summed E-state index contributed by atoms with van der Waals surface area (Å²) in [5.41, 5.74) is 0. The minimum Gasteiger partial charge on any atom is -0.462 e. The van der Waals surface area contributed by atoms with Crippen molar-refractivity contribution in [2.45, 2.75) is 213 Å². The summed E-state index contributed by atoms with van der Waals surface area (Å²) in [6.07, 6.45) is 31.1. The second kappa shape index (κ2) is 34.3. The fourth-order valence-electron chi connectivity index (χ4n) is 5.44. The van der Waals surface area contributed by atoms with Gasteiger partial charge in [-0.3, -0.25) is 14.4 Å². The quantitative estimate of drug-likeness (QED) is 0.0402. The molecule has 0 aliphatic heterocycles. The zero-order valence-corrected chi connectivity index (χ0v) is 29.4. The normalized spacial score (nSPS) is 11.8. The predicted octanol–water partition coefficient (Wildman–Crippen LogP) is 11.4. The lowest BCUT2D eigenvalue weighted by Gasteiger charge is -2.18. The lowest BCUT2D eigenvalue weighted by atomic mass is 10.0. The molecule has 0 heterocycles. The lowest BCUT2D eigenvalue weighted by molar-refractivity contribution is -0.167. The van der Waals surface area contributed by atoms with Crippen LogP contribution >= 0.6 is 0 Å². The third kappa shape index (κ3) is 31.8. The van der Waals surface area contributed by atoms with Crippen molar-refractivity contribution in [1.82, 2.24) is 0 Å². The second-order valence-corrected chi connectivity index (χ2v) is 12.9. The van der Waals surface area contributed by atoms with E-state index in [9.17, 15) is 14.4 Å². The Balaban J connectivity index is 4.22. The Morgan fingerprint density at radius 1 is 0.364 bits per heavy atom. The SMILES string of the molecule is CCCCCCCCCCCCCCC(=O)OC[C@@H](COC(=O)CCCCCCCCCCC)OC(=O)CCCCCCC. The van der Waals surface area contributed by atoms with Crippen molar-refractivity contribution in [3.8, 4) is 0 Å². The van der Waals surface area contributed by atoms with E-state index in [1.54, 1.807) is 0 Å². The van der Waals surface area contributed by atoms with E-state index in [2.05, 4.69) is 20.8 Å². The summed E-state index contributed by atoms with van der Waals surface area (Å²) < 4.78 is 16.5. The molecule has 0 unspecified atom stereocenters. The number of ether oxygens (including phenoxy) is 3. The number of esters is 3. The predicted molar refractivity (Wildman–Crippen MR) is 183 cm³/mol. The monoisotopic (exact) mass is 625 g/mol. The molecule has 0 saturated heterocycles. The van der Waals surface area contributed by atoms with Crippen LogP contribution < -0.4 is 0 Å². The topological polar surface area (TPSA) is 78.9 Å². The highest BCUT2D eigenvalue weighted by atomic mass is 16.6. The first kappa shape index (κ1) is 42.4. The van der Waals surface area contributed by atoms with E-state index in [0.29, 0.717) is 19.3 Å². The fourth-order valence-corrected chi connectivity index (χ4v) is 5.44. The van der Waals surface area contributed by atoms with Gasteiger partial charge in [-0.25, -0.2) is 0 Å². The molecule has 0 rings (SSSR count). The largest absolute Gasteiger partial charge is 0.462 e. The van der Waals surface area contributed by atoms with Gasteiger partial charge in [0.1, 0.15) is 13.2 Å². The minimum atomic E-state index is -0.754. The minimum absolute atomic E-state index is 0.0655. The van der Waals surface area contributed by atoms with Gasteiger partial charge in [0.05, 0.1) is 0 Å². The van der Waals surface area contributed by atoms with Crippen LogP contribution in [0, 0.1) is 0 Å². The number of hydrogen-bond donors (Lipinski definition) is 0. The number of hydrogen-bond acceptors (Lipinski definition) is 6. The molecule has 0 amide bonds. The van der Waals surface area contributed by atoms with Gasteiger partial charge in [-0.05, 0) is 19.3 Å². The molecule has 0 aromatic heterocycles. The van der Waals surface area contributed by atoms with Gasteiger partial charge in [-0.15, -0.1) is 0 Å². The molecule has 6 nitrogen and oxygen atoms in total. The van der Waals surface area contributed by atoms with Crippen molar-refractivity contribution in [2.75, 3.05) is 13.2 Å².